The fourth-order valence-corrected chi connectivity index (χ4v) is 7.41. The number of hydrogen-bond acceptors (Lipinski definition) is 8. The Morgan fingerprint density at radius 2 is 1.88 bits per heavy atom. The van der Waals surface area contributed by atoms with E-state index in [0.29, 0.717) is 12.8 Å². The van der Waals surface area contributed by atoms with E-state index >= 15 is 0 Å². The van der Waals surface area contributed by atoms with Gasteiger partial charge in [-0.2, -0.15) is 0 Å². The van der Waals surface area contributed by atoms with Gasteiger partial charge in [0.25, 0.3) is 0 Å². The van der Waals surface area contributed by atoms with Crippen LogP contribution in [0.1, 0.15) is 53.4 Å². The summed E-state index contributed by atoms with van der Waals surface area (Å²) in [5.41, 5.74) is -2.73. The zero-order valence-corrected chi connectivity index (χ0v) is 19.5. The van der Waals surface area contributed by atoms with Gasteiger partial charge in [-0.25, -0.2) is 0 Å². The maximum Gasteiger partial charge on any atom is 0.303 e. The Labute approximate surface area is 193 Å². The van der Waals surface area contributed by atoms with Gasteiger partial charge in [0.1, 0.15) is 6.10 Å². The van der Waals surface area contributed by atoms with Gasteiger partial charge in [-0.05, 0) is 49.7 Å². The van der Waals surface area contributed by atoms with Crippen molar-refractivity contribution in [3.05, 3.63) is 23.8 Å². The van der Waals surface area contributed by atoms with Crippen molar-refractivity contribution in [2.45, 2.75) is 71.2 Å². The summed E-state index contributed by atoms with van der Waals surface area (Å²) < 4.78 is 10.7. The highest BCUT2D eigenvalue weighted by molar-refractivity contribution is 6.01. The second kappa shape index (κ2) is 7.87. The van der Waals surface area contributed by atoms with E-state index in [2.05, 4.69) is 0 Å². The molecule has 0 aromatic rings. The predicted molar refractivity (Wildman–Crippen MR) is 116 cm³/mol. The summed E-state index contributed by atoms with van der Waals surface area (Å²) in [7, 11) is 0. The third-order valence-electron chi connectivity index (χ3n) is 8.84. The quantitative estimate of drug-likeness (QED) is 0.607. The van der Waals surface area contributed by atoms with Crippen molar-refractivity contribution in [1.29, 1.82) is 0 Å². The molecule has 8 heteroatoms. The zero-order valence-electron chi connectivity index (χ0n) is 19.5. The van der Waals surface area contributed by atoms with Gasteiger partial charge >= 0.3 is 11.9 Å². The maximum atomic E-state index is 13.1. The molecular weight excluding hydrogens is 428 g/mol. The molecule has 0 saturated heterocycles. The van der Waals surface area contributed by atoms with Crippen LogP contribution in [0.2, 0.25) is 0 Å². The van der Waals surface area contributed by atoms with Crippen molar-refractivity contribution in [3.8, 4) is 0 Å². The normalized spacial score (nSPS) is 43.6. The van der Waals surface area contributed by atoms with Crippen LogP contribution in [0.15, 0.2) is 23.8 Å². The van der Waals surface area contributed by atoms with E-state index in [1.807, 2.05) is 13.0 Å². The highest BCUT2D eigenvalue weighted by atomic mass is 16.5. The van der Waals surface area contributed by atoms with Crippen LogP contribution in [-0.4, -0.2) is 58.1 Å². The smallest absolute Gasteiger partial charge is 0.303 e. The number of fused-ring (bicyclic) bond motifs is 5. The first-order valence-corrected chi connectivity index (χ1v) is 11.5. The number of rotatable bonds is 4. The first-order valence-electron chi connectivity index (χ1n) is 11.5. The Morgan fingerprint density at radius 1 is 1.18 bits per heavy atom. The van der Waals surface area contributed by atoms with E-state index in [0.717, 1.165) is 5.57 Å². The number of aliphatic hydroxyl groups excluding tert-OH is 1. The van der Waals surface area contributed by atoms with Crippen LogP contribution in [-0.2, 0) is 28.7 Å². The van der Waals surface area contributed by atoms with Crippen LogP contribution < -0.4 is 0 Å². The van der Waals surface area contributed by atoms with Crippen LogP contribution >= 0.6 is 0 Å². The molecule has 0 amide bonds. The van der Waals surface area contributed by atoms with Crippen LogP contribution in [0.3, 0.4) is 0 Å². The molecular formula is C25H32O8. The molecule has 0 unspecified atom stereocenters. The third-order valence-corrected chi connectivity index (χ3v) is 8.84. The minimum atomic E-state index is -2.13. The summed E-state index contributed by atoms with van der Waals surface area (Å²) in [6.45, 7) is 5.67. The summed E-state index contributed by atoms with van der Waals surface area (Å²) in [6.07, 6.45) is 4.88. The fraction of sp³-hybridized carbons (Fsp3) is 0.680. The number of ether oxygens (including phenoxy) is 2. The predicted octanol–water partition coefficient (Wildman–Crippen LogP) is 1.67. The summed E-state index contributed by atoms with van der Waals surface area (Å²) in [4.78, 5) is 48.5. The molecule has 33 heavy (non-hydrogen) atoms. The summed E-state index contributed by atoms with van der Waals surface area (Å²) in [5, 5.41) is 22.6. The van der Waals surface area contributed by atoms with E-state index < -0.39 is 53.0 Å². The van der Waals surface area contributed by atoms with Crippen LogP contribution in [0.4, 0.5) is 0 Å². The third kappa shape index (κ3) is 3.41. The molecule has 8 nitrogen and oxygen atoms in total. The molecule has 0 spiro atoms. The van der Waals surface area contributed by atoms with Crippen LogP contribution in [0.25, 0.3) is 0 Å². The standard InChI is InChI=1S/C25H32O8/c1-13(26)32-12-21(30)25(31)20(29)10-18-17-6-5-15-9-16(28)7-8-23(15,3)22(17)19(33-14(2)27)11-24(18,25)4/h7-9,17-20,22,29,31H,5-6,10-12H2,1-4H3/t17-,18+,19+,20+,22-,23-,24+,25-/m0/s1. The largest absolute Gasteiger partial charge is 0.462 e. The number of carbonyl (C=O) groups is 4. The second-order valence-electron chi connectivity index (χ2n) is 10.5. The highest BCUT2D eigenvalue weighted by Gasteiger charge is 2.72. The lowest BCUT2D eigenvalue weighted by Gasteiger charge is -2.59. The van der Waals surface area contributed by atoms with E-state index in [-0.39, 0.29) is 36.4 Å². The SMILES string of the molecule is CC(=O)OCC(=O)[C@@]1(O)[C@H](O)C[C@@H]2[C@@H]3CCC4=CC(=O)C=C[C@]4(C)[C@@H]3[C@H](OC(C)=O)C[C@]21C. The molecule has 180 valence electrons. The Hall–Kier alpha value is -2.32. The Morgan fingerprint density at radius 3 is 2.52 bits per heavy atom. The lowest BCUT2D eigenvalue weighted by Crippen LogP contribution is -2.64. The second-order valence-corrected chi connectivity index (χ2v) is 10.5. The number of Topliss-reactive ketones (excluding diaryl/α,β-unsaturated/α-hetero) is 1. The van der Waals surface area contributed by atoms with Gasteiger partial charge in [0.05, 0.1) is 6.10 Å². The van der Waals surface area contributed by atoms with Gasteiger partial charge in [0.2, 0.25) is 5.78 Å². The molecule has 0 radical (unpaired) electrons. The number of aliphatic hydroxyl groups is 2. The van der Waals surface area contributed by atoms with Gasteiger partial charge < -0.3 is 19.7 Å². The molecule has 4 rings (SSSR count). The molecule has 4 aliphatic carbocycles. The molecule has 0 bridgehead atoms. The molecule has 8 atom stereocenters. The van der Waals surface area contributed by atoms with Crippen molar-refractivity contribution in [2.24, 2.45) is 28.6 Å². The number of esters is 2. The first-order chi connectivity index (χ1) is 15.3. The number of ketones is 2. The topological polar surface area (TPSA) is 127 Å². The number of allylic oxidation sites excluding steroid dienone is 4. The number of carbonyl (C=O) groups excluding carboxylic acids is 4. The van der Waals surface area contributed by atoms with Crippen molar-refractivity contribution < 1.29 is 38.9 Å². The molecule has 0 aliphatic heterocycles. The molecule has 0 aromatic heterocycles. The van der Waals surface area contributed by atoms with Crippen molar-refractivity contribution >= 4 is 23.5 Å². The van der Waals surface area contributed by atoms with Crippen LogP contribution in [0.5, 0.6) is 0 Å². The van der Waals surface area contributed by atoms with Crippen molar-refractivity contribution in [3.63, 3.8) is 0 Å². The summed E-state index contributed by atoms with van der Waals surface area (Å²) in [5.74, 6) is -2.38. The van der Waals surface area contributed by atoms with Gasteiger partial charge in [-0.1, -0.05) is 25.5 Å². The van der Waals surface area contributed by atoms with E-state index in [1.165, 1.54) is 13.8 Å². The summed E-state index contributed by atoms with van der Waals surface area (Å²) in [6, 6.07) is 0. The Balaban J connectivity index is 1.77. The first kappa shape index (κ1) is 23.8. The molecule has 3 fully saturated rings. The summed E-state index contributed by atoms with van der Waals surface area (Å²) >= 11 is 0. The van der Waals surface area contributed by atoms with Gasteiger partial charge in [-0.15, -0.1) is 0 Å². The molecule has 0 aromatic carbocycles. The Kier molecular flexibility index (Phi) is 5.69. The number of hydrogen-bond donors (Lipinski definition) is 2. The van der Waals surface area contributed by atoms with E-state index in [4.69, 9.17) is 9.47 Å². The van der Waals surface area contributed by atoms with E-state index in [1.54, 1.807) is 19.1 Å². The molecule has 2 N–H and O–H groups in total. The molecule has 3 saturated carbocycles. The lowest BCUT2D eigenvalue weighted by atomic mass is 9.46. The minimum Gasteiger partial charge on any atom is -0.462 e. The average Bonchev–Trinajstić information content (AvgIpc) is 2.93. The lowest BCUT2D eigenvalue weighted by molar-refractivity contribution is -0.200. The molecule has 0 heterocycles. The minimum absolute atomic E-state index is 0.0571. The van der Waals surface area contributed by atoms with E-state index in [9.17, 15) is 29.4 Å². The van der Waals surface area contributed by atoms with Crippen molar-refractivity contribution in [2.75, 3.05) is 6.61 Å². The van der Waals surface area contributed by atoms with Crippen molar-refractivity contribution in [1.82, 2.24) is 0 Å². The fourth-order valence-electron chi connectivity index (χ4n) is 7.41. The average molecular weight is 461 g/mol. The van der Waals surface area contributed by atoms with Gasteiger partial charge in [-0.3, -0.25) is 19.2 Å². The highest BCUT2D eigenvalue weighted by Crippen LogP contribution is 2.67. The monoisotopic (exact) mass is 460 g/mol. The zero-order chi connectivity index (χ0) is 24.3. The van der Waals surface area contributed by atoms with Gasteiger partial charge in [0.15, 0.2) is 18.0 Å². The van der Waals surface area contributed by atoms with Crippen LogP contribution in [0, 0.1) is 28.6 Å². The van der Waals surface area contributed by atoms with Gasteiger partial charge in [0, 0.05) is 30.6 Å². The molecule has 4 aliphatic rings. The maximum absolute atomic E-state index is 13.1. The Bertz CT molecular complexity index is 965.